The molecule has 0 saturated carbocycles. The first-order chi connectivity index (χ1) is 11.4. The van der Waals surface area contributed by atoms with Gasteiger partial charge in [-0.1, -0.05) is 12.1 Å². The Morgan fingerprint density at radius 1 is 1.29 bits per heavy atom. The fraction of sp³-hybridized carbons (Fsp3) is 0.471. The second kappa shape index (κ2) is 7.92. The molecule has 2 amide bonds. The van der Waals surface area contributed by atoms with Crippen molar-refractivity contribution >= 4 is 23.5 Å². The lowest BCUT2D eigenvalue weighted by Gasteiger charge is -2.36. The molecule has 2 rings (SSSR count). The summed E-state index contributed by atoms with van der Waals surface area (Å²) in [6.45, 7) is 6.34. The van der Waals surface area contributed by atoms with Crippen molar-refractivity contribution in [3.05, 3.63) is 29.8 Å². The first-order valence-corrected chi connectivity index (χ1v) is 7.93. The molecule has 0 bridgehead atoms. The second-order valence-electron chi connectivity index (χ2n) is 5.67. The summed E-state index contributed by atoms with van der Waals surface area (Å²) in [6, 6.07) is 6.25. The van der Waals surface area contributed by atoms with E-state index in [0.717, 1.165) is 0 Å². The van der Waals surface area contributed by atoms with E-state index < -0.39 is 17.8 Å². The molecule has 24 heavy (non-hydrogen) atoms. The minimum absolute atomic E-state index is 0.121. The van der Waals surface area contributed by atoms with Crippen LogP contribution in [0, 0.1) is 0 Å². The van der Waals surface area contributed by atoms with Gasteiger partial charge in [-0.3, -0.25) is 9.59 Å². The number of nitrogens with one attached hydrogen (secondary N) is 1. The van der Waals surface area contributed by atoms with Crippen molar-refractivity contribution in [2.75, 3.05) is 25.1 Å². The summed E-state index contributed by atoms with van der Waals surface area (Å²) in [5.74, 6) is -1.97. The van der Waals surface area contributed by atoms with Crippen LogP contribution in [-0.4, -0.2) is 54.6 Å². The molecule has 7 nitrogen and oxygen atoms in total. The lowest BCUT2D eigenvalue weighted by Crippen LogP contribution is -2.53. The van der Waals surface area contributed by atoms with Gasteiger partial charge >= 0.3 is 17.8 Å². The van der Waals surface area contributed by atoms with Crippen molar-refractivity contribution in [3.63, 3.8) is 0 Å². The molecule has 130 valence electrons. The molecule has 0 aromatic heterocycles. The van der Waals surface area contributed by atoms with E-state index in [4.69, 9.17) is 9.47 Å². The van der Waals surface area contributed by atoms with E-state index in [9.17, 15) is 14.4 Å². The van der Waals surface area contributed by atoms with E-state index in [1.165, 1.54) is 11.0 Å². The van der Waals surface area contributed by atoms with Crippen LogP contribution in [-0.2, 0) is 19.1 Å². The summed E-state index contributed by atoms with van der Waals surface area (Å²) in [5, 5.41) is 2.51. The Kier molecular flexibility index (Phi) is 5.92. The molecule has 1 heterocycles. The number of morpholine rings is 1. The number of amides is 2. The van der Waals surface area contributed by atoms with Gasteiger partial charge in [0.2, 0.25) is 0 Å². The van der Waals surface area contributed by atoms with Gasteiger partial charge in [-0.15, -0.1) is 0 Å². The molecule has 2 atom stereocenters. The third-order valence-corrected chi connectivity index (χ3v) is 3.73. The molecule has 0 radical (unpaired) electrons. The number of rotatable bonds is 3. The van der Waals surface area contributed by atoms with Gasteiger partial charge in [0.15, 0.2) is 0 Å². The van der Waals surface area contributed by atoms with Gasteiger partial charge in [0.05, 0.1) is 36.6 Å². The van der Waals surface area contributed by atoms with Crippen molar-refractivity contribution in [1.29, 1.82) is 0 Å². The zero-order valence-electron chi connectivity index (χ0n) is 14.1. The van der Waals surface area contributed by atoms with Crippen LogP contribution in [0.4, 0.5) is 5.69 Å². The number of ether oxygens (including phenoxy) is 2. The Hall–Kier alpha value is -2.41. The molecule has 1 saturated heterocycles. The van der Waals surface area contributed by atoms with Crippen molar-refractivity contribution < 1.29 is 23.9 Å². The Labute approximate surface area is 140 Å². The lowest BCUT2D eigenvalue weighted by molar-refractivity contribution is -0.151. The van der Waals surface area contributed by atoms with Gasteiger partial charge in [0.25, 0.3) is 0 Å². The third kappa shape index (κ3) is 4.11. The van der Waals surface area contributed by atoms with E-state index in [1.54, 1.807) is 25.1 Å². The number of anilines is 1. The summed E-state index contributed by atoms with van der Waals surface area (Å²) in [4.78, 5) is 38.1. The Balaban J connectivity index is 2.12. The molecule has 1 aliphatic rings. The monoisotopic (exact) mass is 334 g/mol. The van der Waals surface area contributed by atoms with Gasteiger partial charge in [0.1, 0.15) is 0 Å². The summed E-state index contributed by atoms with van der Waals surface area (Å²) < 4.78 is 10.4. The third-order valence-electron chi connectivity index (χ3n) is 3.73. The summed E-state index contributed by atoms with van der Waals surface area (Å²) in [6.07, 6.45) is -0.121. The van der Waals surface area contributed by atoms with Crippen molar-refractivity contribution in [1.82, 2.24) is 4.90 Å². The maximum atomic E-state index is 12.4. The van der Waals surface area contributed by atoms with E-state index in [1.807, 2.05) is 13.8 Å². The molecule has 1 aliphatic heterocycles. The Morgan fingerprint density at radius 3 is 2.71 bits per heavy atom. The van der Waals surface area contributed by atoms with Crippen LogP contribution in [0.15, 0.2) is 24.3 Å². The molecule has 1 aromatic carbocycles. The minimum atomic E-state index is -0.785. The zero-order chi connectivity index (χ0) is 17.7. The van der Waals surface area contributed by atoms with Crippen LogP contribution in [0.1, 0.15) is 31.1 Å². The normalized spacial score (nSPS) is 20.4. The molecule has 1 aromatic rings. The molecule has 2 unspecified atom stereocenters. The highest BCUT2D eigenvalue weighted by Gasteiger charge is 2.31. The van der Waals surface area contributed by atoms with Crippen LogP contribution in [0.25, 0.3) is 0 Å². The molecule has 1 N–H and O–H groups in total. The van der Waals surface area contributed by atoms with Crippen molar-refractivity contribution in [3.8, 4) is 0 Å². The van der Waals surface area contributed by atoms with E-state index in [2.05, 4.69) is 5.32 Å². The van der Waals surface area contributed by atoms with Crippen molar-refractivity contribution in [2.45, 2.75) is 32.9 Å². The molecule has 0 aliphatic carbocycles. The highest BCUT2D eigenvalue weighted by molar-refractivity contribution is 6.40. The maximum Gasteiger partial charge on any atom is 0.340 e. The van der Waals surface area contributed by atoms with Gasteiger partial charge in [-0.25, -0.2) is 4.79 Å². The number of carbonyl (C=O) groups excluding carboxylic acids is 3. The molecule has 1 fully saturated rings. The van der Waals surface area contributed by atoms with Crippen LogP contribution in [0.3, 0.4) is 0 Å². The number of nitrogens with zero attached hydrogens (tertiary/aromatic N) is 1. The van der Waals surface area contributed by atoms with Crippen LogP contribution in [0.2, 0.25) is 0 Å². The predicted molar refractivity (Wildman–Crippen MR) is 87.6 cm³/mol. The largest absolute Gasteiger partial charge is 0.462 e. The minimum Gasteiger partial charge on any atom is -0.462 e. The highest BCUT2D eigenvalue weighted by atomic mass is 16.5. The number of benzene rings is 1. The number of hydrogen-bond donors (Lipinski definition) is 1. The SMILES string of the molecule is CCOC(=O)c1ccccc1NC(=O)C(=O)N1CC(C)OCC1C. The van der Waals surface area contributed by atoms with Gasteiger partial charge in [-0.2, -0.15) is 0 Å². The Bertz CT molecular complexity index is 631. The van der Waals surface area contributed by atoms with E-state index >= 15 is 0 Å². The standard InChI is InChI=1S/C17H22N2O5/c1-4-23-17(22)13-7-5-6-8-14(13)18-15(20)16(21)19-9-12(3)24-10-11(19)2/h5-8,11-12H,4,9-10H2,1-3H3,(H,18,20). The van der Waals surface area contributed by atoms with Crippen molar-refractivity contribution in [2.24, 2.45) is 0 Å². The van der Waals surface area contributed by atoms with Gasteiger partial charge < -0.3 is 19.7 Å². The van der Waals surface area contributed by atoms with Gasteiger partial charge in [-0.05, 0) is 32.9 Å². The maximum absolute atomic E-state index is 12.4. The van der Waals surface area contributed by atoms with E-state index in [0.29, 0.717) is 13.2 Å². The molecule has 0 spiro atoms. The number of hydrogen-bond acceptors (Lipinski definition) is 5. The second-order valence-corrected chi connectivity index (χ2v) is 5.67. The van der Waals surface area contributed by atoms with Crippen LogP contribution < -0.4 is 5.32 Å². The predicted octanol–water partition coefficient (Wildman–Crippen LogP) is 1.44. The highest BCUT2D eigenvalue weighted by Crippen LogP contribution is 2.17. The zero-order valence-corrected chi connectivity index (χ0v) is 14.1. The topological polar surface area (TPSA) is 84.9 Å². The molecular weight excluding hydrogens is 312 g/mol. The number of esters is 1. The summed E-state index contributed by atoms with van der Waals surface area (Å²) in [5.41, 5.74) is 0.465. The Morgan fingerprint density at radius 2 is 2.00 bits per heavy atom. The first kappa shape index (κ1) is 17.9. The average Bonchev–Trinajstić information content (AvgIpc) is 2.57. The van der Waals surface area contributed by atoms with E-state index in [-0.39, 0.29) is 30.0 Å². The van der Waals surface area contributed by atoms with Gasteiger partial charge in [0, 0.05) is 6.54 Å². The first-order valence-electron chi connectivity index (χ1n) is 7.93. The van der Waals surface area contributed by atoms with Crippen LogP contribution in [0.5, 0.6) is 0 Å². The smallest absolute Gasteiger partial charge is 0.340 e. The summed E-state index contributed by atoms with van der Waals surface area (Å²) >= 11 is 0. The molecular formula is C17H22N2O5. The number of carbonyl (C=O) groups is 3. The lowest BCUT2D eigenvalue weighted by atomic mass is 10.1. The quantitative estimate of drug-likeness (QED) is 0.668. The number of para-hydroxylation sites is 1. The summed E-state index contributed by atoms with van der Waals surface area (Å²) in [7, 11) is 0. The fourth-order valence-electron chi connectivity index (χ4n) is 2.47. The van der Waals surface area contributed by atoms with Crippen LogP contribution >= 0.6 is 0 Å². The fourth-order valence-corrected chi connectivity index (χ4v) is 2.47. The average molecular weight is 334 g/mol. The molecule has 7 heteroatoms.